The largest absolute Gasteiger partial charge is 0.250 e. The number of thiophene rings is 1. The fourth-order valence-corrected chi connectivity index (χ4v) is 4.97. The molecule has 0 fully saturated rings. The molecule has 3 nitrogen and oxygen atoms in total. The molecule has 1 aromatic carbocycles. The zero-order chi connectivity index (χ0) is 14.0. The quantitative estimate of drug-likeness (QED) is 0.804. The highest BCUT2D eigenvalue weighted by molar-refractivity contribution is 9.11. The molecular weight excluding hydrogens is 414 g/mol. The summed E-state index contributed by atoms with van der Waals surface area (Å²) < 4.78 is 29.0. The van der Waals surface area contributed by atoms with E-state index in [0.29, 0.717) is 4.21 Å². The topological polar surface area (TPSA) is 46.2 Å². The Bertz CT molecular complexity index is 659. The first-order chi connectivity index (χ1) is 8.88. The lowest BCUT2D eigenvalue weighted by Gasteiger charge is -2.04. The molecule has 19 heavy (non-hydrogen) atoms. The molecule has 0 saturated carbocycles. The van der Waals surface area contributed by atoms with Crippen LogP contribution in [-0.4, -0.2) is 8.42 Å². The number of nitrogens with one attached hydrogen (secondary N) is 1. The van der Waals surface area contributed by atoms with Gasteiger partial charge in [-0.1, -0.05) is 28.1 Å². The summed E-state index contributed by atoms with van der Waals surface area (Å²) in [5.74, 6) is 0. The van der Waals surface area contributed by atoms with Crippen LogP contribution in [0.5, 0.6) is 0 Å². The highest BCUT2D eigenvalue weighted by Crippen LogP contribution is 2.30. The second-order valence-electron chi connectivity index (χ2n) is 3.97. The Balaban J connectivity index is 2.11. The predicted octanol–water partition coefficient (Wildman–Crippen LogP) is 4.06. The van der Waals surface area contributed by atoms with Crippen LogP contribution in [0.3, 0.4) is 0 Å². The standard InChI is InChI=1S/C12H11Br2NO2S2/c1-8-6-11(18-12(8)14)19(16,17)15-7-9-2-4-10(13)5-3-9/h2-6,15H,7H2,1H3. The molecule has 0 radical (unpaired) electrons. The van der Waals surface area contributed by atoms with E-state index in [9.17, 15) is 8.42 Å². The first kappa shape index (κ1) is 15.2. The SMILES string of the molecule is Cc1cc(S(=O)(=O)NCc2ccc(Br)cc2)sc1Br. The molecule has 0 aliphatic carbocycles. The van der Waals surface area contributed by atoms with Crippen molar-refractivity contribution in [3.63, 3.8) is 0 Å². The van der Waals surface area contributed by atoms with E-state index in [1.807, 2.05) is 31.2 Å². The minimum Gasteiger partial charge on any atom is -0.206 e. The number of hydrogen-bond acceptors (Lipinski definition) is 3. The Morgan fingerprint density at radius 3 is 2.37 bits per heavy atom. The fourth-order valence-electron chi connectivity index (χ4n) is 1.42. The van der Waals surface area contributed by atoms with Crippen molar-refractivity contribution in [3.05, 3.63) is 49.7 Å². The third-order valence-corrected chi connectivity index (χ3v) is 7.02. The molecule has 1 heterocycles. The van der Waals surface area contributed by atoms with Crippen molar-refractivity contribution in [1.29, 1.82) is 0 Å². The Hall–Kier alpha value is -0.210. The Morgan fingerprint density at radius 2 is 1.84 bits per heavy atom. The Labute approximate surface area is 133 Å². The molecule has 1 aromatic heterocycles. The van der Waals surface area contributed by atoms with E-state index in [4.69, 9.17) is 0 Å². The van der Waals surface area contributed by atoms with Crippen molar-refractivity contribution in [2.24, 2.45) is 0 Å². The van der Waals surface area contributed by atoms with Gasteiger partial charge in [-0.3, -0.25) is 0 Å². The summed E-state index contributed by atoms with van der Waals surface area (Å²) in [7, 11) is -3.44. The van der Waals surface area contributed by atoms with Gasteiger partial charge in [-0.05, 0) is 52.2 Å². The molecule has 0 aliphatic heterocycles. The van der Waals surface area contributed by atoms with Crippen molar-refractivity contribution in [2.75, 3.05) is 0 Å². The van der Waals surface area contributed by atoms with Crippen LogP contribution < -0.4 is 4.72 Å². The number of benzene rings is 1. The average molecular weight is 425 g/mol. The molecule has 0 atom stereocenters. The van der Waals surface area contributed by atoms with Gasteiger partial charge in [0.25, 0.3) is 0 Å². The molecule has 2 aromatic rings. The summed E-state index contributed by atoms with van der Waals surface area (Å²) in [4.78, 5) is 0. The van der Waals surface area contributed by atoms with Crippen molar-refractivity contribution in [2.45, 2.75) is 17.7 Å². The second kappa shape index (κ2) is 6.05. The molecule has 0 saturated heterocycles. The first-order valence-corrected chi connectivity index (χ1v) is 9.27. The summed E-state index contributed by atoms with van der Waals surface area (Å²) in [6.45, 7) is 2.15. The Kier molecular flexibility index (Phi) is 4.84. The van der Waals surface area contributed by atoms with Gasteiger partial charge in [0.15, 0.2) is 0 Å². The van der Waals surface area contributed by atoms with Crippen LogP contribution in [0.4, 0.5) is 0 Å². The molecule has 0 unspecified atom stereocenters. The predicted molar refractivity (Wildman–Crippen MR) is 84.9 cm³/mol. The van der Waals surface area contributed by atoms with E-state index in [0.717, 1.165) is 19.4 Å². The molecule has 1 N–H and O–H groups in total. The van der Waals surface area contributed by atoms with Gasteiger partial charge in [0.1, 0.15) is 4.21 Å². The zero-order valence-electron chi connectivity index (χ0n) is 9.98. The third-order valence-electron chi connectivity index (χ3n) is 2.48. The van der Waals surface area contributed by atoms with E-state index in [1.54, 1.807) is 6.07 Å². The maximum absolute atomic E-state index is 12.1. The van der Waals surface area contributed by atoms with Gasteiger partial charge in [0.2, 0.25) is 10.0 Å². The highest BCUT2D eigenvalue weighted by Gasteiger charge is 2.17. The van der Waals surface area contributed by atoms with Crippen LogP contribution in [0.1, 0.15) is 11.1 Å². The molecule has 0 bridgehead atoms. The van der Waals surface area contributed by atoms with Gasteiger partial charge >= 0.3 is 0 Å². The summed E-state index contributed by atoms with van der Waals surface area (Å²) in [6.07, 6.45) is 0. The molecule has 0 spiro atoms. The molecule has 102 valence electrons. The van der Waals surface area contributed by atoms with E-state index in [2.05, 4.69) is 36.6 Å². The molecule has 7 heteroatoms. The third kappa shape index (κ3) is 3.88. The normalized spacial score (nSPS) is 11.7. The molecule has 2 rings (SSSR count). The van der Waals surface area contributed by atoms with E-state index in [1.165, 1.54) is 11.3 Å². The minimum atomic E-state index is -3.44. The number of rotatable bonds is 4. The van der Waals surface area contributed by atoms with Crippen molar-refractivity contribution < 1.29 is 8.42 Å². The summed E-state index contributed by atoms with van der Waals surface area (Å²) in [5.41, 5.74) is 1.84. The van der Waals surface area contributed by atoms with Crippen LogP contribution in [0.2, 0.25) is 0 Å². The van der Waals surface area contributed by atoms with Gasteiger partial charge < -0.3 is 0 Å². The van der Waals surface area contributed by atoms with Crippen molar-refractivity contribution in [3.8, 4) is 0 Å². The van der Waals surface area contributed by atoms with Gasteiger partial charge in [-0.25, -0.2) is 13.1 Å². The highest BCUT2D eigenvalue weighted by atomic mass is 79.9. The monoisotopic (exact) mass is 423 g/mol. The smallest absolute Gasteiger partial charge is 0.206 e. The molecule has 0 aliphatic rings. The van der Waals surface area contributed by atoms with Gasteiger partial charge in [0.05, 0.1) is 3.79 Å². The minimum absolute atomic E-state index is 0.282. The fraction of sp³-hybridized carbons (Fsp3) is 0.167. The van der Waals surface area contributed by atoms with E-state index >= 15 is 0 Å². The summed E-state index contributed by atoms with van der Waals surface area (Å²) in [5, 5.41) is 0. The molecule has 0 amide bonds. The van der Waals surface area contributed by atoms with Crippen LogP contribution in [0.15, 0.2) is 42.8 Å². The lowest BCUT2D eigenvalue weighted by molar-refractivity contribution is 0.583. The van der Waals surface area contributed by atoms with Gasteiger partial charge in [0, 0.05) is 11.0 Å². The van der Waals surface area contributed by atoms with E-state index in [-0.39, 0.29) is 6.54 Å². The van der Waals surface area contributed by atoms with Crippen molar-refractivity contribution >= 4 is 53.2 Å². The zero-order valence-corrected chi connectivity index (χ0v) is 14.8. The van der Waals surface area contributed by atoms with Crippen molar-refractivity contribution in [1.82, 2.24) is 4.72 Å². The number of aryl methyl sites for hydroxylation is 1. The average Bonchev–Trinajstić information content (AvgIpc) is 2.70. The summed E-state index contributed by atoms with van der Waals surface area (Å²) in [6, 6.07) is 9.19. The number of sulfonamides is 1. The van der Waals surface area contributed by atoms with Gasteiger partial charge in [-0.2, -0.15) is 0 Å². The lowest BCUT2D eigenvalue weighted by atomic mass is 10.2. The number of halogens is 2. The van der Waals surface area contributed by atoms with Crippen LogP contribution in [0.25, 0.3) is 0 Å². The van der Waals surface area contributed by atoms with Crippen LogP contribution in [0, 0.1) is 6.92 Å². The lowest BCUT2D eigenvalue weighted by Crippen LogP contribution is -2.22. The first-order valence-electron chi connectivity index (χ1n) is 5.38. The van der Waals surface area contributed by atoms with Gasteiger partial charge in [-0.15, -0.1) is 11.3 Å². The maximum Gasteiger partial charge on any atom is 0.250 e. The maximum atomic E-state index is 12.1. The second-order valence-corrected chi connectivity index (χ2v) is 9.25. The van der Waals surface area contributed by atoms with Crippen LogP contribution in [-0.2, 0) is 16.6 Å². The van der Waals surface area contributed by atoms with Crippen LogP contribution >= 0.6 is 43.2 Å². The Morgan fingerprint density at radius 1 is 1.21 bits per heavy atom. The summed E-state index contributed by atoms with van der Waals surface area (Å²) >= 11 is 7.89. The number of hydrogen-bond donors (Lipinski definition) is 1. The molecular formula is C12H11Br2NO2S2. The van der Waals surface area contributed by atoms with E-state index < -0.39 is 10.0 Å².